The van der Waals surface area contributed by atoms with Gasteiger partial charge in [0, 0.05) is 24.5 Å². The highest BCUT2D eigenvalue weighted by Gasteiger charge is 2.44. The monoisotopic (exact) mass is 294 g/mol. The zero-order chi connectivity index (χ0) is 15.3. The summed E-state index contributed by atoms with van der Waals surface area (Å²) in [5.74, 6) is 6.99. The number of aromatic nitrogens is 3. The van der Waals surface area contributed by atoms with Crippen molar-refractivity contribution in [2.75, 3.05) is 13.1 Å². The molecule has 1 aliphatic carbocycles. The van der Waals surface area contributed by atoms with Crippen LogP contribution in [0.5, 0.6) is 0 Å². The molecule has 2 rings (SSSR count). The molecule has 6 nitrogen and oxygen atoms in total. The SMILES string of the molecule is CCN(CC)C1(C(Cc2ncnn2CC)NN)CCCC1. The highest BCUT2D eigenvalue weighted by atomic mass is 15.3. The molecule has 120 valence electrons. The Morgan fingerprint density at radius 2 is 2.00 bits per heavy atom. The Hall–Kier alpha value is -0.980. The van der Waals surface area contributed by atoms with Crippen LogP contribution in [0.4, 0.5) is 0 Å². The summed E-state index contributed by atoms with van der Waals surface area (Å²) in [6.07, 6.45) is 7.48. The number of hydrazine groups is 1. The Bertz CT molecular complexity index is 420. The first-order chi connectivity index (χ1) is 10.2. The second-order valence-corrected chi connectivity index (χ2v) is 5.90. The maximum atomic E-state index is 5.96. The summed E-state index contributed by atoms with van der Waals surface area (Å²) in [6, 6.07) is 0.217. The average Bonchev–Trinajstić information content (AvgIpc) is 3.15. The van der Waals surface area contributed by atoms with E-state index in [1.165, 1.54) is 25.7 Å². The Balaban J connectivity index is 2.24. The number of aryl methyl sites for hydroxylation is 1. The van der Waals surface area contributed by atoms with Crippen molar-refractivity contribution >= 4 is 0 Å². The summed E-state index contributed by atoms with van der Waals surface area (Å²) in [7, 11) is 0. The van der Waals surface area contributed by atoms with Gasteiger partial charge in [0.05, 0.1) is 0 Å². The van der Waals surface area contributed by atoms with Crippen LogP contribution in [0, 0.1) is 0 Å². The van der Waals surface area contributed by atoms with Crippen LogP contribution in [0.25, 0.3) is 0 Å². The molecule has 1 heterocycles. The van der Waals surface area contributed by atoms with Gasteiger partial charge in [0.15, 0.2) is 0 Å². The van der Waals surface area contributed by atoms with Gasteiger partial charge in [-0.2, -0.15) is 5.10 Å². The van der Waals surface area contributed by atoms with Crippen LogP contribution in [0.3, 0.4) is 0 Å². The van der Waals surface area contributed by atoms with Gasteiger partial charge in [-0.15, -0.1) is 0 Å². The Kier molecular flexibility index (Phi) is 5.72. The molecular weight excluding hydrogens is 264 g/mol. The Morgan fingerprint density at radius 1 is 1.33 bits per heavy atom. The van der Waals surface area contributed by atoms with Gasteiger partial charge in [-0.05, 0) is 32.9 Å². The number of rotatable bonds is 8. The lowest BCUT2D eigenvalue weighted by molar-refractivity contribution is 0.0618. The third-order valence-corrected chi connectivity index (χ3v) is 5.09. The molecule has 3 N–H and O–H groups in total. The van der Waals surface area contributed by atoms with Gasteiger partial charge in [-0.1, -0.05) is 26.7 Å². The van der Waals surface area contributed by atoms with E-state index >= 15 is 0 Å². The first-order valence-corrected chi connectivity index (χ1v) is 8.29. The number of nitrogens with two attached hydrogens (primary N) is 1. The van der Waals surface area contributed by atoms with E-state index in [1.54, 1.807) is 6.33 Å². The van der Waals surface area contributed by atoms with Crippen LogP contribution in [0.15, 0.2) is 6.33 Å². The fraction of sp³-hybridized carbons (Fsp3) is 0.867. The van der Waals surface area contributed by atoms with E-state index in [0.717, 1.165) is 31.9 Å². The second kappa shape index (κ2) is 7.33. The first-order valence-electron chi connectivity index (χ1n) is 8.29. The van der Waals surface area contributed by atoms with Gasteiger partial charge >= 0.3 is 0 Å². The van der Waals surface area contributed by atoms with Gasteiger partial charge in [0.1, 0.15) is 12.2 Å². The summed E-state index contributed by atoms with van der Waals surface area (Å²) in [5, 5.41) is 4.28. The Morgan fingerprint density at radius 3 is 2.52 bits per heavy atom. The lowest BCUT2D eigenvalue weighted by atomic mass is 9.84. The van der Waals surface area contributed by atoms with E-state index in [1.807, 2.05) is 4.68 Å². The molecular formula is C15H30N6. The number of nitrogens with one attached hydrogen (secondary N) is 1. The maximum absolute atomic E-state index is 5.96. The predicted octanol–water partition coefficient (Wildman–Crippen LogP) is 1.33. The lowest BCUT2D eigenvalue weighted by Gasteiger charge is -2.46. The minimum absolute atomic E-state index is 0.156. The molecule has 1 saturated carbocycles. The molecule has 0 saturated heterocycles. The van der Waals surface area contributed by atoms with Crippen LogP contribution in [0.1, 0.15) is 52.3 Å². The molecule has 0 aliphatic heterocycles. The molecule has 1 unspecified atom stereocenters. The summed E-state index contributed by atoms with van der Waals surface area (Å²) in [4.78, 5) is 7.01. The van der Waals surface area contributed by atoms with E-state index in [2.05, 4.69) is 41.2 Å². The number of hydrogen-bond donors (Lipinski definition) is 2. The molecule has 0 radical (unpaired) electrons. The Labute approximate surface area is 128 Å². The van der Waals surface area contributed by atoms with Crippen molar-refractivity contribution in [1.82, 2.24) is 25.1 Å². The average molecular weight is 294 g/mol. The van der Waals surface area contributed by atoms with Crippen molar-refractivity contribution < 1.29 is 0 Å². The summed E-state index contributed by atoms with van der Waals surface area (Å²) in [5.41, 5.74) is 3.26. The zero-order valence-corrected chi connectivity index (χ0v) is 13.7. The van der Waals surface area contributed by atoms with Crippen molar-refractivity contribution in [3.8, 4) is 0 Å². The van der Waals surface area contributed by atoms with Crippen LogP contribution in [0.2, 0.25) is 0 Å². The molecule has 0 aromatic carbocycles. The van der Waals surface area contributed by atoms with Crippen molar-refractivity contribution in [2.45, 2.75) is 71.0 Å². The van der Waals surface area contributed by atoms with Crippen LogP contribution in [-0.2, 0) is 13.0 Å². The molecule has 1 aliphatic rings. The molecule has 1 aromatic heterocycles. The minimum Gasteiger partial charge on any atom is -0.297 e. The van der Waals surface area contributed by atoms with E-state index in [9.17, 15) is 0 Å². The minimum atomic E-state index is 0.156. The topological polar surface area (TPSA) is 72.0 Å². The van der Waals surface area contributed by atoms with E-state index in [0.29, 0.717) is 0 Å². The van der Waals surface area contributed by atoms with Crippen molar-refractivity contribution in [2.24, 2.45) is 5.84 Å². The number of hydrogen-bond acceptors (Lipinski definition) is 5. The van der Waals surface area contributed by atoms with Crippen LogP contribution in [-0.4, -0.2) is 44.3 Å². The molecule has 0 amide bonds. The fourth-order valence-corrected chi connectivity index (χ4v) is 4.02. The predicted molar refractivity (Wildman–Crippen MR) is 84.6 cm³/mol. The third-order valence-electron chi connectivity index (χ3n) is 5.09. The van der Waals surface area contributed by atoms with E-state index in [4.69, 9.17) is 5.84 Å². The van der Waals surface area contributed by atoms with Crippen molar-refractivity contribution in [3.05, 3.63) is 12.2 Å². The highest BCUT2D eigenvalue weighted by Crippen LogP contribution is 2.38. The van der Waals surface area contributed by atoms with Gasteiger partial charge < -0.3 is 0 Å². The lowest BCUT2D eigenvalue weighted by Crippen LogP contribution is -2.62. The molecule has 1 atom stereocenters. The quantitative estimate of drug-likeness (QED) is 0.559. The summed E-state index contributed by atoms with van der Waals surface area (Å²) < 4.78 is 1.97. The summed E-state index contributed by atoms with van der Waals surface area (Å²) in [6.45, 7) is 9.56. The van der Waals surface area contributed by atoms with Crippen molar-refractivity contribution in [3.63, 3.8) is 0 Å². The van der Waals surface area contributed by atoms with E-state index in [-0.39, 0.29) is 11.6 Å². The molecule has 0 bridgehead atoms. The third kappa shape index (κ3) is 3.12. The highest BCUT2D eigenvalue weighted by molar-refractivity contribution is 5.06. The van der Waals surface area contributed by atoms with Crippen molar-refractivity contribution in [1.29, 1.82) is 0 Å². The van der Waals surface area contributed by atoms with Crippen LogP contribution >= 0.6 is 0 Å². The molecule has 6 heteroatoms. The van der Waals surface area contributed by atoms with Gasteiger partial charge in [0.2, 0.25) is 0 Å². The summed E-state index contributed by atoms with van der Waals surface area (Å²) >= 11 is 0. The smallest absolute Gasteiger partial charge is 0.138 e. The maximum Gasteiger partial charge on any atom is 0.138 e. The zero-order valence-electron chi connectivity index (χ0n) is 13.7. The van der Waals surface area contributed by atoms with E-state index < -0.39 is 0 Å². The number of nitrogens with zero attached hydrogens (tertiary/aromatic N) is 4. The molecule has 1 fully saturated rings. The second-order valence-electron chi connectivity index (χ2n) is 5.90. The van der Waals surface area contributed by atoms with Crippen LogP contribution < -0.4 is 11.3 Å². The van der Waals surface area contributed by atoms with Gasteiger partial charge in [-0.25, -0.2) is 4.98 Å². The fourth-order valence-electron chi connectivity index (χ4n) is 4.02. The largest absolute Gasteiger partial charge is 0.297 e. The molecule has 21 heavy (non-hydrogen) atoms. The van der Waals surface area contributed by atoms with Gasteiger partial charge in [0.25, 0.3) is 0 Å². The van der Waals surface area contributed by atoms with Gasteiger partial charge in [-0.3, -0.25) is 20.9 Å². The first kappa shape index (κ1) is 16.4. The normalized spacial score (nSPS) is 19.3. The molecule has 1 aromatic rings. The molecule has 0 spiro atoms. The standard InChI is InChI=1S/C15H30N6/c1-4-20(5-2)15(9-7-8-10-15)13(19-16)11-14-17-12-18-21(14)6-3/h12-13,19H,4-11,16H2,1-3H3. The number of likely N-dealkylation sites (N-methyl/N-ethyl adjacent to an activating group) is 1.